The molecule has 5 nitrogen and oxygen atoms in total. The molecule has 1 N–H and O–H groups in total. The summed E-state index contributed by atoms with van der Waals surface area (Å²) in [4.78, 5) is 26.3. The molecule has 6 heteroatoms. The Hall–Kier alpha value is -2.47. The molecule has 3 aliphatic heterocycles. The molecule has 130 valence electrons. The Labute approximate surface area is 144 Å². The molecule has 2 fully saturated rings. The molecule has 2 saturated heterocycles. The Morgan fingerprint density at radius 2 is 2.16 bits per heavy atom. The molecule has 1 aromatic rings. The first-order chi connectivity index (χ1) is 11.9. The fourth-order valence-electron chi connectivity index (χ4n) is 4.45. The van der Waals surface area contributed by atoms with Crippen LogP contribution in [-0.2, 0) is 14.3 Å². The van der Waals surface area contributed by atoms with Crippen LogP contribution < -0.4 is 4.90 Å². The van der Waals surface area contributed by atoms with E-state index in [0.29, 0.717) is 6.42 Å². The second kappa shape index (κ2) is 5.26. The van der Waals surface area contributed by atoms with Crippen LogP contribution in [-0.4, -0.2) is 34.7 Å². The number of benzene rings is 1. The number of carbonyl (C=O) groups is 2. The fourth-order valence-corrected chi connectivity index (χ4v) is 4.45. The van der Waals surface area contributed by atoms with Crippen molar-refractivity contribution in [2.24, 2.45) is 11.8 Å². The third-order valence-electron chi connectivity index (χ3n) is 5.36. The van der Waals surface area contributed by atoms with Crippen LogP contribution in [0.5, 0.6) is 0 Å². The van der Waals surface area contributed by atoms with E-state index in [2.05, 4.69) is 6.58 Å². The Morgan fingerprint density at radius 1 is 1.44 bits per heavy atom. The maximum Gasteiger partial charge on any atom is 0.310 e. The molecule has 0 unspecified atom stereocenters. The fraction of sp³-hybridized carbons (Fsp3) is 0.368. The number of hydrogen-bond acceptors (Lipinski definition) is 3. The normalized spacial score (nSPS) is 35.3. The first-order valence-electron chi connectivity index (χ1n) is 8.19. The SMILES string of the molecule is C=C(C)C[C@@H]1N(c2ccccc2F)C(=O)[C@@H]2[C@@H](C(=O)O)[C@H]3C=C[C@]21O3. The topological polar surface area (TPSA) is 66.8 Å². The van der Waals surface area contributed by atoms with Gasteiger partial charge in [0.1, 0.15) is 17.3 Å². The Kier molecular flexibility index (Phi) is 3.37. The van der Waals surface area contributed by atoms with Gasteiger partial charge < -0.3 is 14.7 Å². The predicted octanol–water partition coefficient (Wildman–Crippen LogP) is 2.53. The highest BCUT2D eigenvalue weighted by Gasteiger charge is 2.71. The summed E-state index contributed by atoms with van der Waals surface area (Å²) in [5.74, 6) is -3.81. The van der Waals surface area contributed by atoms with Gasteiger partial charge in [0.05, 0.1) is 23.8 Å². The van der Waals surface area contributed by atoms with Crippen molar-refractivity contribution in [2.75, 3.05) is 4.90 Å². The minimum Gasteiger partial charge on any atom is -0.481 e. The third kappa shape index (κ3) is 2.03. The van der Waals surface area contributed by atoms with Crippen molar-refractivity contribution in [3.63, 3.8) is 0 Å². The molecular weight excluding hydrogens is 325 g/mol. The number of rotatable bonds is 4. The molecule has 0 aliphatic carbocycles. The van der Waals surface area contributed by atoms with Crippen LogP contribution in [0.25, 0.3) is 0 Å². The van der Waals surface area contributed by atoms with Gasteiger partial charge in [0.2, 0.25) is 5.91 Å². The van der Waals surface area contributed by atoms with E-state index in [4.69, 9.17) is 4.74 Å². The van der Waals surface area contributed by atoms with Crippen molar-refractivity contribution < 1.29 is 23.8 Å². The number of carbonyl (C=O) groups excluding carboxylic acids is 1. The van der Waals surface area contributed by atoms with Crippen molar-refractivity contribution in [3.8, 4) is 0 Å². The lowest BCUT2D eigenvalue weighted by Crippen LogP contribution is -2.45. The van der Waals surface area contributed by atoms with Crippen molar-refractivity contribution >= 4 is 17.6 Å². The zero-order chi connectivity index (χ0) is 17.9. The number of hydrogen-bond donors (Lipinski definition) is 1. The molecule has 3 heterocycles. The van der Waals surface area contributed by atoms with E-state index in [1.165, 1.54) is 17.0 Å². The first kappa shape index (κ1) is 16.0. The monoisotopic (exact) mass is 343 g/mol. The molecule has 0 aromatic heterocycles. The van der Waals surface area contributed by atoms with Gasteiger partial charge in [0.15, 0.2) is 0 Å². The largest absolute Gasteiger partial charge is 0.481 e. The molecule has 0 saturated carbocycles. The average molecular weight is 343 g/mol. The van der Waals surface area contributed by atoms with Crippen molar-refractivity contribution in [2.45, 2.75) is 31.1 Å². The van der Waals surface area contributed by atoms with Crippen LogP contribution >= 0.6 is 0 Å². The van der Waals surface area contributed by atoms with E-state index < -0.39 is 47.3 Å². The molecule has 2 bridgehead atoms. The van der Waals surface area contributed by atoms with Gasteiger partial charge >= 0.3 is 5.97 Å². The summed E-state index contributed by atoms with van der Waals surface area (Å²) < 4.78 is 20.4. The minimum atomic E-state index is -1.07. The van der Waals surface area contributed by atoms with Crippen LogP contribution in [0.3, 0.4) is 0 Å². The number of fused-ring (bicyclic) bond motifs is 1. The van der Waals surface area contributed by atoms with Gasteiger partial charge in [-0.3, -0.25) is 9.59 Å². The van der Waals surface area contributed by atoms with Gasteiger partial charge in [-0.2, -0.15) is 0 Å². The quantitative estimate of drug-likeness (QED) is 0.853. The van der Waals surface area contributed by atoms with E-state index in [1.54, 1.807) is 24.3 Å². The number of carboxylic acid groups (broad SMARTS) is 1. The lowest BCUT2D eigenvalue weighted by Gasteiger charge is -2.33. The third-order valence-corrected chi connectivity index (χ3v) is 5.36. The van der Waals surface area contributed by atoms with Crippen LogP contribution in [0.1, 0.15) is 13.3 Å². The summed E-state index contributed by atoms with van der Waals surface area (Å²) in [6.45, 7) is 5.74. The standard InChI is InChI=1S/C19H18FNO4/c1-10(2)9-14-19-8-7-13(25-19)15(18(23)24)16(19)17(22)21(14)12-6-4-3-5-11(12)20/h3-8,13-16H,1,9H2,2H3,(H,23,24)/t13-,14+,15+,16+,19-/m1/s1. The van der Waals surface area contributed by atoms with Gasteiger partial charge in [0, 0.05) is 0 Å². The summed E-state index contributed by atoms with van der Waals surface area (Å²) in [6.07, 6.45) is 3.27. The summed E-state index contributed by atoms with van der Waals surface area (Å²) in [5, 5.41) is 9.60. The maximum atomic E-state index is 14.4. The average Bonchev–Trinajstić information content (AvgIpc) is 3.18. The number of nitrogens with zero attached hydrogens (tertiary/aromatic N) is 1. The molecular formula is C19H18FNO4. The lowest BCUT2D eigenvalue weighted by atomic mass is 9.74. The van der Waals surface area contributed by atoms with Crippen LogP contribution in [0, 0.1) is 17.7 Å². The zero-order valence-electron chi connectivity index (χ0n) is 13.7. The summed E-state index contributed by atoms with van der Waals surface area (Å²) in [5.41, 5.74) is -0.0908. The molecule has 5 atom stereocenters. The maximum absolute atomic E-state index is 14.4. The molecule has 1 spiro atoms. The number of halogens is 1. The van der Waals surface area contributed by atoms with Gasteiger partial charge in [-0.05, 0) is 25.5 Å². The van der Waals surface area contributed by atoms with E-state index in [0.717, 1.165) is 5.57 Å². The van der Waals surface area contributed by atoms with Gasteiger partial charge in [-0.25, -0.2) is 4.39 Å². The van der Waals surface area contributed by atoms with Gasteiger partial charge in [-0.15, -0.1) is 6.58 Å². The van der Waals surface area contributed by atoms with E-state index >= 15 is 0 Å². The molecule has 1 aromatic carbocycles. The highest BCUT2D eigenvalue weighted by Crippen LogP contribution is 2.56. The number of ether oxygens (including phenoxy) is 1. The van der Waals surface area contributed by atoms with Crippen molar-refractivity contribution in [3.05, 3.63) is 54.4 Å². The number of anilines is 1. The first-order valence-corrected chi connectivity index (χ1v) is 8.19. The highest BCUT2D eigenvalue weighted by atomic mass is 19.1. The highest BCUT2D eigenvalue weighted by molar-refractivity contribution is 6.03. The minimum absolute atomic E-state index is 0.145. The van der Waals surface area contributed by atoms with Gasteiger partial charge in [-0.1, -0.05) is 29.9 Å². The Morgan fingerprint density at radius 3 is 2.80 bits per heavy atom. The molecule has 4 rings (SSSR count). The van der Waals surface area contributed by atoms with Gasteiger partial charge in [0.25, 0.3) is 0 Å². The second-order valence-corrected chi connectivity index (χ2v) is 6.97. The number of para-hydroxylation sites is 1. The van der Waals surface area contributed by atoms with Crippen molar-refractivity contribution in [1.29, 1.82) is 0 Å². The van der Waals surface area contributed by atoms with Crippen molar-refractivity contribution in [1.82, 2.24) is 0 Å². The molecule has 3 aliphatic rings. The lowest BCUT2D eigenvalue weighted by molar-refractivity contribution is -0.146. The summed E-state index contributed by atoms with van der Waals surface area (Å²) in [6, 6.07) is 5.49. The Balaban J connectivity index is 1.87. The molecule has 25 heavy (non-hydrogen) atoms. The summed E-state index contributed by atoms with van der Waals surface area (Å²) >= 11 is 0. The van der Waals surface area contributed by atoms with E-state index in [1.807, 2.05) is 6.92 Å². The Bertz CT molecular complexity index is 819. The van der Waals surface area contributed by atoms with Crippen LogP contribution in [0.4, 0.5) is 10.1 Å². The molecule has 0 radical (unpaired) electrons. The zero-order valence-corrected chi connectivity index (χ0v) is 13.7. The van der Waals surface area contributed by atoms with Crippen LogP contribution in [0.2, 0.25) is 0 Å². The predicted molar refractivity (Wildman–Crippen MR) is 88.5 cm³/mol. The molecule has 1 amide bonds. The smallest absolute Gasteiger partial charge is 0.310 e. The number of carboxylic acids is 1. The number of aliphatic carboxylic acids is 1. The number of amides is 1. The van der Waals surface area contributed by atoms with E-state index in [-0.39, 0.29) is 5.69 Å². The summed E-state index contributed by atoms with van der Waals surface area (Å²) in [7, 11) is 0. The van der Waals surface area contributed by atoms with Crippen LogP contribution in [0.15, 0.2) is 48.6 Å². The second-order valence-electron chi connectivity index (χ2n) is 6.97. The van der Waals surface area contributed by atoms with E-state index in [9.17, 15) is 19.1 Å².